The number of hydrogen-bond donors (Lipinski definition) is 0. The molecule has 0 aromatic rings. The van der Waals surface area contributed by atoms with Crippen molar-refractivity contribution in [1.82, 2.24) is 0 Å². The van der Waals surface area contributed by atoms with E-state index in [1.165, 1.54) is 0 Å². The topological polar surface area (TPSA) is 26.3 Å². The molecule has 0 rings (SSSR count). The highest BCUT2D eigenvalue weighted by atomic mass is 31.2. The maximum absolute atomic E-state index is 13.1. The monoisotopic (exact) mass is 196 g/mol. The van der Waals surface area contributed by atoms with Gasteiger partial charge in [0.1, 0.15) is 0 Å². The van der Waals surface area contributed by atoms with Crippen molar-refractivity contribution in [3.05, 3.63) is 0 Å². The fourth-order valence-corrected chi connectivity index (χ4v) is 1.29. The van der Waals surface area contributed by atoms with Crippen LogP contribution in [0.2, 0.25) is 0 Å². The molecule has 0 amide bonds. The van der Waals surface area contributed by atoms with Crippen LogP contribution in [0.5, 0.6) is 0 Å². The Morgan fingerprint density at radius 3 is 2.08 bits per heavy atom. The lowest BCUT2D eigenvalue weighted by molar-refractivity contribution is 0.184. The zero-order chi connectivity index (χ0) is 9.99. The first-order valence-corrected chi connectivity index (χ1v) is 5.67. The minimum absolute atomic E-state index is 0.142. The van der Waals surface area contributed by atoms with E-state index in [1.807, 2.05) is 20.8 Å². The second-order valence-electron chi connectivity index (χ2n) is 4.45. The average molecular weight is 196 g/mol. The van der Waals surface area contributed by atoms with E-state index in [2.05, 4.69) is 0 Å². The van der Waals surface area contributed by atoms with E-state index in [1.54, 1.807) is 13.8 Å². The van der Waals surface area contributed by atoms with Crippen molar-refractivity contribution in [2.75, 3.05) is 6.61 Å². The van der Waals surface area contributed by atoms with Gasteiger partial charge in [-0.3, -0.25) is 4.57 Å². The maximum Gasteiger partial charge on any atom is 0.369 e. The van der Waals surface area contributed by atoms with Crippen LogP contribution in [0.4, 0.5) is 4.20 Å². The van der Waals surface area contributed by atoms with E-state index in [4.69, 9.17) is 4.52 Å². The molecule has 0 N–H and O–H groups in total. The number of hydrogen-bond acceptors (Lipinski definition) is 2. The number of halogens is 1. The van der Waals surface area contributed by atoms with Gasteiger partial charge in [-0.05, 0) is 5.41 Å². The molecule has 0 saturated carbocycles. The Kier molecular flexibility index (Phi) is 3.92. The molecule has 1 atom stereocenters. The lowest BCUT2D eigenvalue weighted by Crippen LogP contribution is -2.14. The summed E-state index contributed by atoms with van der Waals surface area (Å²) >= 11 is 0. The van der Waals surface area contributed by atoms with Crippen molar-refractivity contribution in [1.29, 1.82) is 0 Å². The molecule has 12 heavy (non-hydrogen) atoms. The minimum atomic E-state index is -3.86. The molecule has 0 aliphatic carbocycles. The van der Waals surface area contributed by atoms with Crippen LogP contribution in [0, 0.1) is 5.41 Å². The third kappa shape index (κ3) is 4.89. The molecule has 0 aliphatic rings. The molecular formula is C8H18FO2P. The normalized spacial score (nSPS) is 17.9. The van der Waals surface area contributed by atoms with E-state index >= 15 is 0 Å². The van der Waals surface area contributed by atoms with E-state index in [0.29, 0.717) is 0 Å². The smallest absolute Gasteiger partial charge is 0.305 e. The van der Waals surface area contributed by atoms with Crippen molar-refractivity contribution in [2.24, 2.45) is 5.41 Å². The Bertz CT molecular complexity index is 184. The lowest BCUT2D eigenvalue weighted by atomic mass is 9.99. The Morgan fingerprint density at radius 1 is 1.42 bits per heavy atom. The zero-order valence-corrected chi connectivity index (χ0v) is 9.32. The Labute approximate surface area is 74.1 Å². The molecular weight excluding hydrogens is 178 g/mol. The molecule has 0 aliphatic heterocycles. The largest absolute Gasteiger partial charge is 0.369 e. The van der Waals surface area contributed by atoms with Crippen LogP contribution in [0.25, 0.3) is 0 Å². The standard InChI is InChI=1S/C8H18FO2P/c1-7(2)12(9,10)11-6-8(3,4)5/h7H,6H2,1-5H3. The van der Waals surface area contributed by atoms with Crippen LogP contribution in [0.15, 0.2) is 0 Å². The molecule has 74 valence electrons. The molecule has 0 radical (unpaired) electrons. The summed E-state index contributed by atoms with van der Waals surface area (Å²) in [6, 6.07) is 0. The molecule has 1 unspecified atom stereocenters. The van der Waals surface area contributed by atoms with Crippen LogP contribution in [-0.2, 0) is 9.09 Å². The van der Waals surface area contributed by atoms with Crippen LogP contribution in [0.1, 0.15) is 34.6 Å². The highest BCUT2D eigenvalue weighted by Crippen LogP contribution is 2.53. The summed E-state index contributed by atoms with van der Waals surface area (Å²) in [5.74, 6) is 0. The molecule has 0 aromatic heterocycles. The van der Waals surface area contributed by atoms with Crippen LogP contribution in [0.3, 0.4) is 0 Å². The summed E-state index contributed by atoms with van der Waals surface area (Å²) in [5.41, 5.74) is -0.684. The average Bonchev–Trinajstić information content (AvgIpc) is 1.82. The van der Waals surface area contributed by atoms with E-state index in [9.17, 15) is 8.76 Å². The third-order valence-electron chi connectivity index (χ3n) is 1.29. The van der Waals surface area contributed by atoms with Gasteiger partial charge in [-0.25, -0.2) is 0 Å². The van der Waals surface area contributed by atoms with Crippen molar-refractivity contribution >= 4 is 7.68 Å². The van der Waals surface area contributed by atoms with Crippen molar-refractivity contribution in [3.63, 3.8) is 0 Å². The van der Waals surface area contributed by atoms with Gasteiger partial charge < -0.3 is 4.52 Å². The second kappa shape index (κ2) is 3.89. The van der Waals surface area contributed by atoms with Gasteiger partial charge in [0.2, 0.25) is 0 Å². The third-order valence-corrected chi connectivity index (χ3v) is 3.01. The molecule has 0 heterocycles. The first-order valence-electron chi connectivity index (χ1n) is 4.09. The zero-order valence-electron chi connectivity index (χ0n) is 8.43. The summed E-state index contributed by atoms with van der Waals surface area (Å²) in [6.07, 6.45) is 0. The Hall–Kier alpha value is 0.120. The molecule has 4 heteroatoms. The van der Waals surface area contributed by atoms with Crippen molar-refractivity contribution in [2.45, 2.75) is 40.3 Å². The summed E-state index contributed by atoms with van der Waals surface area (Å²) in [5, 5.41) is 0. The quantitative estimate of drug-likeness (QED) is 0.644. The minimum Gasteiger partial charge on any atom is -0.305 e. The molecule has 2 nitrogen and oxygen atoms in total. The summed E-state index contributed by atoms with van der Waals surface area (Å²) < 4.78 is 28.9. The SMILES string of the molecule is CC(C)P(=O)(F)OCC(C)(C)C. The van der Waals surface area contributed by atoms with E-state index in [0.717, 1.165) is 0 Å². The van der Waals surface area contributed by atoms with Gasteiger partial charge in [0.25, 0.3) is 0 Å². The first-order chi connectivity index (χ1) is 5.15. The molecule has 0 fully saturated rings. The lowest BCUT2D eigenvalue weighted by Gasteiger charge is -2.21. The van der Waals surface area contributed by atoms with Gasteiger partial charge in [-0.2, -0.15) is 4.20 Å². The predicted octanol–water partition coefficient (Wildman–Crippen LogP) is 3.62. The molecule has 0 bridgehead atoms. The van der Waals surface area contributed by atoms with Gasteiger partial charge in [0, 0.05) is 0 Å². The number of rotatable bonds is 3. The Morgan fingerprint density at radius 2 is 1.83 bits per heavy atom. The van der Waals surface area contributed by atoms with Crippen LogP contribution in [-0.4, -0.2) is 12.3 Å². The molecule has 0 spiro atoms. The van der Waals surface area contributed by atoms with Gasteiger partial charge >= 0.3 is 7.68 Å². The first kappa shape index (κ1) is 12.1. The van der Waals surface area contributed by atoms with Gasteiger partial charge in [-0.1, -0.05) is 34.6 Å². The fraction of sp³-hybridized carbons (Fsp3) is 1.00. The van der Waals surface area contributed by atoms with Gasteiger partial charge in [0.15, 0.2) is 0 Å². The molecule has 0 aromatic carbocycles. The van der Waals surface area contributed by atoms with Gasteiger partial charge in [-0.15, -0.1) is 0 Å². The van der Waals surface area contributed by atoms with E-state index in [-0.39, 0.29) is 12.0 Å². The second-order valence-corrected chi connectivity index (χ2v) is 6.78. The summed E-state index contributed by atoms with van der Waals surface area (Å²) in [6.45, 7) is 9.04. The van der Waals surface area contributed by atoms with Crippen molar-refractivity contribution < 1.29 is 13.3 Å². The molecule has 0 saturated heterocycles. The van der Waals surface area contributed by atoms with Crippen molar-refractivity contribution in [3.8, 4) is 0 Å². The fourth-order valence-electron chi connectivity index (χ4n) is 0.431. The maximum atomic E-state index is 13.1. The Balaban J connectivity index is 4.02. The predicted molar refractivity (Wildman–Crippen MR) is 49.3 cm³/mol. The van der Waals surface area contributed by atoms with Gasteiger partial charge in [0.05, 0.1) is 12.3 Å². The highest BCUT2D eigenvalue weighted by Gasteiger charge is 2.28. The van der Waals surface area contributed by atoms with Crippen LogP contribution >= 0.6 is 7.68 Å². The highest BCUT2D eigenvalue weighted by molar-refractivity contribution is 7.54. The summed E-state index contributed by atoms with van der Waals surface area (Å²) in [4.78, 5) is 0. The van der Waals surface area contributed by atoms with Crippen LogP contribution < -0.4 is 0 Å². The summed E-state index contributed by atoms with van der Waals surface area (Å²) in [7, 11) is -3.86. The van der Waals surface area contributed by atoms with E-state index < -0.39 is 13.3 Å².